The highest BCUT2D eigenvalue weighted by atomic mass is 35.5. The number of carboxylic acid groups (broad SMARTS) is 1. The molecule has 4 aromatic rings. The lowest BCUT2D eigenvalue weighted by atomic mass is 9.94. The van der Waals surface area contributed by atoms with Crippen LogP contribution in [0.1, 0.15) is 29.7 Å². The Kier molecular flexibility index (Phi) is 8.98. The molecule has 36 heavy (non-hydrogen) atoms. The first-order valence-corrected chi connectivity index (χ1v) is 11.4. The van der Waals surface area contributed by atoms with Crippen molar-refractivity contribution >= 4 is 18.4 Å². The fourth-order valence-corrected chi connectivity index (χ4v) is 4.11. The Balaban J connectivity index is 0.00000361. The van der Waals surface area contributed by atoms with Gasteiger partial charge in [-0.15, -0.1) is 12.4 Å². The van der Waals surface area contributed by atoms with E-state index in [9.17, 15) is 4.79 Å². The van der Waals surface area contributed by atoms with Crippen LogP contribution in [0.15, 0.2) is 71.3 Å². The Hall–Kier alpha value is -3.52. The predicted octanol–water partition coefficient (Wildman–Crippen LogP) is 6.02. The molecule has 0 unspecified atom stereocenters. The third kappa shape index (κ3) is 5.99. The van der Waals surface area contributed by atoms with Crippen molar-refractivity contribution < 1.29 is 19.2 Å². The molecule has 1 heterocycles. The van der Waals surface area contributed by atoms with Gasteiger partial charge in [-0.25, -0.2) is 0 Å². The van der Waals surface area contributed by atoms with E-state index in [2.05, 4.69) is 35.3 Å². The van der Waals surface area contributed by atoms with Crippen LogP contribution in [0.2, 0.25) is 0 Å². The van der Waals surface area contributed by atoms with Crippen LogP contribution in [0.4, 0.5) is 0 Å². The molecule has 0 aliphatic heterocycles. The van der Waals surface area contributed by atoms with E-state index < -0.39 is 5.97 Å². The van der Waals surface area contributed by atoms with Crippen molar-refractivity contribution in [1.82, 2.24) is 15.0 Å². The van der Waals surface area contributed by atoms with E-state index in [1.54, 1.807) is 19.1 Å². The standard InChI is InChI=1S/C28H29N3O4.ClH/c1-18-7-5-6-8-24(18)25-14-13-22(15-23(25)17-34-4)28-29-27(30-35-28)21-11-9-20(10-12-21)19(2)31(3)16-26(32)33;/h5-15,19H,16-17H2,1-4H3,(H,32,33);1H/t19-;/m1./s1. The topological polar surface area (TPSA) is 88.7 Å². The highest BCUT2D eigenvalue weighted by molar-refractivity contribution is 5.85. The summed E-state index contributed by atoms with van der Waals surface area (Å²) in [5, 5.41) is 13.2. The van der Waals surface area contributed by atoms with E-state index >= 15 is 0 Å². The summed E-state index contributed by atoms with van der Waals surface area (Å²) >= 11 is 0. The minimum atomic E-state index is -0.851. The molecular formula is C28H30ClN3O4. The molecule has 0 amide bonds. The molecular weight excluding hydrogens is 478 g/mol. The summed E-state index contributed by atoms with van der Waals surface area (Å²) in [7, 11) is 3.48. The van der Waals surface area contributed by atoms with E-state index in [4.69, 9.17) is 14.4 Å². The van der Waals surface area contributed by atoms with E-state index in [0.29, 0.717) is 18.3 Å². The average molecular weight is 508 g/mol. The first kappa shape index (κ1) is 27.1. The number of methoxy groups -OCH3 is 1. The lowest BCUT2D eigenvalue weighted by Crippen LogP contribution is -2.28. The number of aromatic nitrogens is 2. The number of rotatable bonds is 9. The molecule has 8 heteroatoms. The fourth-order valence-electron chi connectivity index (χ4n) is 4.11. The minimum absolute atomic E-state index is 0. The van der Waals surface area contributed by atoms with Crippen molar-refractivity contribution in [2.24, 2.45) is 0 Å². The number of hydrogen-bond acceptors (Lipinski definition) is 6. The highest BCUT2D eigenvalue weighted by Crippen LogP contribution is 2.32. The number of aliphatic carboxylic acids is 1. The van der Waals surface area contributed by atoms with Gasteiger partial charge >= 0.3 is 5.97 Å². The molecule has 0 aliphatic carbocycles. The molecule has 0 fully saturated rings. The summed E-state index contributed by atoms with van der Waals surface area (Å²) in [6.07, 6.45) is 0. The molecule has 1 atom stereocenters. The second kappa shape index (κ2) is 11.9. The van der Waals surface area contributed by atoms with Gasteiger partial charge in [-0.3, -0.25) is 9.69 Å². The second-order valence-electron chi connectivity index (χ2n) is 8.65. The van der Waals surface area contributed by atoms with E-state index in [1.165, 1.54) is 11.1 Å². The molecule has 4 rings (SSSR count). The summed E-state index contributed by atoms with van der Waals surface area (Å²) in [4.78, 5) is 17.4. The maximum absolute atomic E-state index is 11.0. The van der Waals surface area contributed by atoms with Gasteiger partial charge in [0.05, 0.1) is 13.2 Å². The number of carboxylic acids is 1. The maximum Gasteiger partial charge on any atom is 0.317 e. The normalized spacial score (nSPS) is 11.8. The molecule has 1 aromatic heterocycles. The number of benzene rings is 3. The Morgan fingerprint density at radius 3 is 2.42 bits per heavy atom. The van der Waals surface area contributed by atoms with Gasteiger partial charge in [-0.1, -0.05) is 59.8 Å². The molecule has 1 N–H and O–H groups in total. The molecule has 0 aliphatic rings. The molecule has 0 saturated heterocycles. The van der Waals surface area contributed by atoms with Crippen LogP contribution < -0.4 is 0 Å². The number of aryl methyl sites for hydroxylation is 1. The second-order valence-corrected chi connectivity index (χ2v) is 8.65. The van der Waals surface area contributed by atoms with Crippen LogP contribution >= 0.6 is 12.4 Å². The zero-order valence-corrected chi connectivity index (χ0v) is 21.6. The predicted molar refractivity (Wildman–Crippen MR) is 142 cm³/mol. The van der Waals surface area contributed by atoms with Crippen molar-refractivity contribution in [1.29, 1.82) is 0 Å². The monoisotopic (exact) mass is 507 g/mol. The van der Waals surface area contributed by atoms with Gasteiger partial charge in [-0.05, 0) is 60.8 Å². The zero-order valence-electron chi connectivity index (χ0n) is 20.8. The molecule has 0 bridgehead atoms. The number of hydrogen-bond donors (Lipinski definition) is 1. The summed E-state index contributed by atoms with van der Waals surface area (Å²) in [6, 6.07) is 22.1. The van der Waals surface area contributed by atoms with Crippen molar-refractivity contribution in [3.63, 3.8) is 0 Å². The lowest BCUT2D eigenvalue weighted by molar-refractivity contribution is -0.138. The van der Waals surface area contributed by atoms with Crippen LogP contribution in [-0.4, -0.2) is 46.8 Å². The molecule has 188 valence electrons. The lowest BCUT2D eigenvalue weighted by Gasteiger charge is -2.23. The number of nitrogens with zero attached hydrogens (tertiary/aromatic N) is 3. The Bertz CT molecular complexity index is 1320. The van der Waals surface area contributed by atoms with Crippen molar-refractivity contribution in [2.75, 3.05) is 20.7 Å². The van der Waals surface area contributed by atoms with Gasteiger partial charge in [-0.2, -0.15) is 4.98 Å². The number of ether oxygens (including phenoxy) is 1. The summed E-state index contributed by atoms with van der Waals surface area (Å²) in [5.41, 5.74) is 7.19. The number of halogens is 1. The van der Waals surface area contributed by atoms with Gasteiger partial charge in [0, 0.05) is 24.3 Å². The molecule has 0 spiro atoms. The van der Waals surface area contributed by atoms with Crippen molar-refractivity contribution in [3.05, 3.63) is 83.4 Å². The van der Waals surface area contributed by atoms with Gasteiger partial charge < -0.3 is 14.4 Å². The van der Waals surface area contributed by atoms with Crippen LogP contribution in [-0.2, 0) is 16.1 Å². The molecule has 0 radical (unpaired) electrons. The highest BCUT2D eigenvalue weighted by Gasteiger charge is 2.17. The summed E-state index contributed by atoms with van der Waals surface area (Å²) in [6.45, 7) is 4.52. The SMILES string of the molecule is COCc1cc(-c2nc(-c3ccc([C@@H](C)N(C)CC(=O)O)cc3)no2)ccc1-c1ccccc1C.Cl. The molecule has 0 saturated carbocycles. The molecule has 3 aromatic carbocycles. The third-order valence-electron chi connectivity index (χ3n) is 6.21. The Morgan fingerprint density at radius 2 is 1.75 bits per heavy atom. The average Bonchev–Trinajstić information content (AvgIpc) is 3.34. The van der Waals surface area contributed by atoms with Crippen LogP contribution in [0.3, 0.4) is 0 Å². The fraction of sp³-hybridized carbons (Fsp3) is 0.250. The first-order valence-electron chi connectivity index (χ1n) is 11.4. The largest absolute Gasteiger partial charge is 0.480 e. The van der Waals surface area contributed by atoms with Crippen LogP contribution in [0, 0.1) is 6.92 Å². The van der Waals surface area contributed by atoms with Crippen LogP contribution in [0.5, 0.6) is 0 Å². The van der Waals surface area contributed by atoms with Gasteiger partial charge in [0.15, 0.2) is 0 Å². The summed E-state index contributed by atoms with van der Waals surface area (Å²) < 4.78 is 11.1. The molecule has 7 nitrogen and oxygen atoms in total. The Labute approximate surface area is 217 Å². The third-order valence-corrected chi connectivity index (χ3v) is 6.21. The van der Waals surface area contributed by atoms with Crippen molar-refractivity contribution in [3.8, 4) is 34.0 Å². The van der Waals surface area contributed by atoms with Crippen molar-refractivity contribution in [2.45, 2.75) is 26.5 Å². The van der Waals surface area contributed by atoms with E-state index in [-0.39, 0.29) is 25.0 Å². The quantitative estimate of drug-likeness (QED) is 0.296. The van der Waals surface area contributed by atoms with E-state index in [0.717, 1.165) is 27.8 Å². The smallest absolute Gasteiger partial charge is 0.317 e. The van der Waals surface area contributed by atoms with Gasteiger partial charge in [0.25, 0.3) is 5.89 Å². The van der Waals surface area contributed by atoms with Gasteiger partial charge in [0.1, 0.15) is 0 Å². The zero-order chi connectivity index (χ0) is 24.9. The first-order chi connectivity index (χ1) is 16.9. The number of carbonyl (C=O) groups is 1. The minimum Gasteiger partial charge on any atom is -0.480 e. The maximum atomic E-state index is 11.0. The summed E-state index contributed by atoms with van der Waals surface area (Å²) in [5.74, 6) is 0.0811. The Morgan fingerprint density at radius 1 is 1.06 bits per heavy atom. The van der Waals surface area contributed by atoms with E-state index in [1.807, 2.05) is 55.5 Å². The van der Waals surface area contributed by atoms with Gasteiger partial charge in [0.2, 0.25) is 5.82 Å². The van der Waals surface area contributed by atoms with Crippen LogP contribution in [0.25, 0.3) is 34.0 Å². The number of likely N-dealkylation sites (N-methyl/N-ethyl adjacent to an activating group) is 1.